The zero-order valence-electron chi connectivity index (χ0n) is 6.12. The van der Waals surface area contributed by atoms with Crippen LogP contribution in [-0.4, -0.2) is 24.7 Å². The number of nitrogens with zero attached hydrogens (tertiary/aromatic N) is 1. The van der Waals surface area contributed by atoms with Crippen LogP contribution in [0.1, 0.15) is 11.1 Å². The van der Waals surface area contributed by atoms with Gasteiger partial charge in [-0.25, -0.2) is 4.98 Å². The van der Waals surface area contributed by atoms with Gasteiger partial charge in [0.05, 0.1) is 6.61 Å². The zero-order valence-corrected chi connectivity index (χ0v) is 6.93. The lowest BCUT2D eigenvalue weighted by atomic mass is 10.3. The molecule has 0 aliphatic carbocycles. The van der Waals surface area contributed by atoms with Crippen molar-refractivity contribution in [2.24, 2.45) is 0 Å². The van der Waals surface area contributed by atoms with Crippen molar-refractivity contribution in [3.8, 4) is 0 Å². The van der Waals surface area contributed by atoms with E-state index in [2.05, 4.69) is 10.3 Å². The summed E-state index contributed by atoms with van der Waals surface area (Å²) in [4.78, 5) is 4.19. The van der Waals surface area contributed by atoms with E-state index in [1.54, 1.807) is 11.3 Å². The lowest BCUT2D eigenvalue weighted by Crippen LogP contribution is -2.33. The molecule has 0 saturated carbocycles. The zero-order chi connectivity index (χ0) is 7.52. The molecule has 1 aliphatic heterocycles. The van der Waals surface area contributed by atoms with E-state index in [-0.39, 0.29) is 6.10 Å². The van der Waals surface area contributed by atoms with Crippen molar-refractivity contribution >= 4 is 11.3 Å². The predicted octanol–water partition coefficient (Wildman–Crippen LogP) is 0.804. The first-order valence-corrected chi connectivity index (χ1v) is 4.56. The minimum absolute atomic E-state index is 0.184. The molecule has 1 atom stereocenters. The van der Waals surface area contributed by atoms with Crippen LogP contribution in [0.3, 0.4) is 0 Å². The molecule has 11 heavy (non-hydrogen) atoms. The van der Waals surface area contributed by atoms with Crippen LogP contribution >= 0.6 is 11.3 Å². The highest BCUT2D eigenvalue weighted by molar-refractivity contribution is 7.09. The SMILES string of the molecule is c1csc(C2CNCCO2)n1. The Labute approximate surface area is 69.4 Å². The fourth-order valence-electron chi connectivity index (χ4n) is 1.12. The summed E-state index contributed by atoms with van der Waals surface area (Å²) in [6.45, 7) is 2.65. The Morgan fingerprint density at radius 2 is 2.73 bits per heavy atom. The molecule has 60 valence electrons. The number of hydrogen-bond donors (Lipinski definition) is 1. The molecule has 0 spiro atoms. The summed E-state index contributed by atoms with van der Waals surface area (Å²) in [5.74, 6) is 0. The highest BCUT2D eigenvalue weighted by Gasteiger charge is 2.16. The Balaban J connectivity index is 2.04. The second-order valence-electron chi connectivity index (χ2n) is 2.43. The molecule has 0 amide bonds. The molecular formula is C7H10N2OS. The number of hydrogen-bond acceptors (Lipinski definition) is 4. The number of morpholine rings is 1. The molecule has 0 aromatic carbocycles. The Kier molecular flexibility index (Phi) is 2.16. The quantitative estimate of drug-likeness (QED) is 0.677. The van der Waals surface area contributed by atoms with Crippen molar-refractivity contribution in [2.45, 2.75) is 6.10 Å². The second-order valence-corrected chi connectivity index (χ2v) is 3.36. The second kappa shape index (κ2) is 3.30. The first kappa shape index (κ1) is 7.21. The molecule has 1 aromatic heterocycles. The summed E-state index contributed by atoms with van der Waals surface area (Å²) in [7, 11) is 0. The van der Waals surface area contributed by atoms with Crippen LogP contribution in [0.25, 0.3) is 0 Å². The normalized spacial score (nSPS) is 25.3. The van der Waals surface area contributed by atoms with Gasteiger partial charge in [0.15, 0.2) is 0 Å². The largest absolute Gasteiger partial charge is 0.368 e. The predicted molar refractivity (Wildman–Crippen MR) is 43.7 cm³/mol. The molecule has 0 bridgehead atoms. The summed E-state index contributed by atoms with van der Waals surface area (Å²) < 4.78 is 5.51. The summed E-state index contributed by atoms with van der Waals surface area (Å²) in [6.07, 6.45) is 2.00. The Morgan fingerprint density at radius 1 is 1.73 bits per heavy atom. The van der Waals surface area contributed by atoms with E-state index in [1.807, 2.05) is 11.6 Å². The molecule has 2 heterocycles. The monoisotopic (exact) mass is 170 g/mol. The smallest absolute Gasteiger partial charge is 0.123 e. The Hall–Kier alpha value is -0.450. The Morgan fingerprint density at radius 3 is 3.36 bits per heavy atom. The van der Waals surface area contributed by atoms with Crippen LogP contribution in [0, 0.1) is 0 Å². The summed E-state index contributed by atoms with van der Waals surface area (Å²) in [5.41, 5.74) is 0. The van der Waals surface area contributed by atoms with E-state index in [1.165, 1.54) is 0 Å². The topological polar surface area (TPSA) is 34.1 Å². The first-order valence-electron chi connectivity index (χ1n) is 3.68. The molecule has 1 saturated heterocycles. The molecule has 1 unspecified atom stereocenters. The highest BCUT2D eigenvalue weighted by atomic mass is 32.1. The van der Waals surface area contributed by atoms with Gasteiger partial charge in [-0.15, -0.1) is 11.3 Å². The molecule has 4 heteroatoms. The number of rotatable bonds is 1. The van der Waals surface area contributed by atoms with E-state index in [0.717, 1.165) is 24.7 Å². The van der Waals surface area contributed by atoms with E-state index in [0.29, 0.717) is 0 Å². The first-order chi connectivity index (χ1) is 5.47. The van der Waals surface area contributed by atoms with Gasteiger partial charge in [0.2, 0.25) is 0 Å². The van der Waals surface area contributed by atoms with Crippen molar-refractivity contribution < 1.29 is 4.74 Å². The van der Waals surface area contributed by atoms with E-state index in [4.69, 9.17) is 4.74 Å². The highest BCUT2D eigenvalue weighted by Crippen LogP contribution is 2.19. The molecule has 2 rings (SSSR count). The van der Waals surface area contributed by atoms with Gasteiger partial charge in [-0.2, -0.15) is 0 Å². The minimum atomic E-state index is 0.184. The van der Waals surface area contributed by atoms with Gasteiger partial charge in [-0.1, -0.05) is 0 Å². The van der Waals surface area contributed by atoms with Crippen LogP contribution in [0.4, 0.5) is 0 Å². The van der Waals surface area contributed by atoms with Gasteiger partial charge in [-0.05, 0) is 0 Å². The van der Waals surface area contributed by atoms with Crippen LogP contribution in [-0.2, 0) is 4.74 Å². The van der Waals surface area contributed by atoms with Gasteiger partial charge in [0, 0.05) is 24.7 Å². The maximum absolute atomic E-state index is 5.51. The van der Waals surface area contributed by atoms with Crippen molar-refractivity contribution in [1.82, 2.24) is 10.3 Å². The number of aromatic nitrogens is 1. The van der Waals surface area contributed by atoms with Crippen molar-refractivity contribution in [2.75, 3.05) is 19.7 Å². The Bertz CT molecular complexity index is 206. The van der Waals surface area contributed by atoms with Crippen molar-refractivity contribution in [3.63, 3.8) is 0 Å². The minimum Gasteiger partial charge on any atom is -0.368 e. The van der Waals surface area contributed by atoms with Crippen LogP contribution < -0.4 is 5.32 Å². The average Bonchev–Trinajstić information content (AvgIpc) is 2.58. The van der Waals surface area contributed by atoms with Crippen LogP contribution in [0.2, 0.25) is 0 Å². The molecule has 1 aliphatic rings. The third-order valence-electron chi connectivity index (χ3n) is 1.65. The van der Waals surface area contributed by atoms with Gasteiger partial charge in [0.1, 0.15) is 11.1 Å². The lowest BCUT2D eigenvalue weighted by Gasteiger charge is -2.21. The third-order valence-corrected chi connectivity index (χ3v) is 2.52. The van der Waals surface area contributed by atoms with E-state index >= 15 is 0 Å². The molecule has 1 N–H and O–H groups in total. The van der Waals surface area contributed by atoms with Gasteiger partial charge in [-0.3, -0.25) is 0 Å². The number of ether oxygens (including phenoxy) is 1. The summed E-state index contributed by atoms with van der Waals surface area (Å²) >= 11 is 1.65. The molecule has 1 aromatic rings. The van der Waals surface area contributed by atoms with Crippen molar-refractivity contribution in [3.05, 3.63) is 16.6 Å². The standard InChI is InChI=1S/C7H10N2OS/c1-3-10-6(5-8-1)7-9-2-4-11-7/h2,4,6,8H,1,3,5H2. The summed E-state index contributed by atoms with van der Waals surface area (Å²) in [6, 6.07) is 0. The van der Waals surface area contributed by atoms with Crippen molar-refractivity contribution in [1.29, 1.82) is 0 Å². The van der Waals surface area contributed by atoms with Gasteiger partial charge >= 0.3 is 0 Å². The fraction of sp³-hybridized carbons (Fsp3) is 0.571. The van der Waals surface area contributed by atoms with Crippen LogP contribution in [0.5, 0.6) is 0 Å². The third kappa shape index (κ3) is 1.58. The van der Waals surface area contributed by atoms with Gasteiger partial charge in [0.25, 0.3) is 0 Å². The maximum Gasteiger partial charge on any atom is 0.123 e. The van der Waals surface area contributed by atoms with E-state index in [9.17, 15) is 0 Å². The summed E-state index contributed by atoms with van der Waals surface area (Å²) in [5, 5.41) is 6.32. The number of nitrogens with one attached hydrogen (secondary N) is 1. The fourth-order valence-corrected chi connectivity index (χ4v) is 1.80. The molecule has 0 radical (unpaired) electrons. The molecular weight excluding hydrogens is 160 g/mol. The lowest BCUT2D eigenvalue weighted by molar-refractivity contribution is 0.0275. The maximum atomic E-state index is 5.51. The van der Waals surface area contributed by atoms with Gasteiger partial charge < -0.3 is 10.1 Å². The number of thiazole rings is 1. The molecule has 1 fully saturated rings. The van der Waals surface area contributed by atoms with Crippen LogP contribution in [0.15, 0.2) is 11.6 Å². The average molecular weight is 170 g/mol. The molecule has 3 nitrogen and oxygen atoms in total. The van der Waals surface area contributed by atoms with E-state index < -0.39 is 0 Å².